The van der Waals surface area contributed by atoms with Gasteiger partial charge in [0.05, 0.1) is 5.56 Å². The molecule has 2 rings (SSSR count). The van der Waals surface area contributed by atoms with E-state index in [9.17, 15) is 0 Å². The molecular formula is C16H26N4O. The number of rotatable bonds is 3. The second kappa shape index (κ2) is 5.54. The van der Waals surface area contributed by atoms with Gasteiger partial charge in [-0.3, -0.25) is 0 Å². The molecule has 5 nitrogen and oxygen atoms in total. The van der Waals surface area contributed by atoms with E-state index in [0.29, 0.717) is 0 Å². The first kappa shape index (κ1) is 15.6. The summed E-state index contributed by atoms with van der Waals surface area (Å²) in [5.41, 5.74) is 9.06. The molecule has 0 spiro atoms. The average molecular weight is 290 g/mol. The maximum Gasteiger partial charge on any atom is 0.173 e. The molecule has 0 saturated carbocycles. The lowest BCUT2D eigenvalue weighted by Crippen LogP contribution is -2.41. The molecular weight excluding hydrogens is 264 g/mol. The van der Waals surface area contributed by atoms with Crippen molar-refractivity contribution in [1.29, 1.82) is 0 Å². The number of oxime groups is 1. The zero-order valence-electron chi connectivity index (χ0n) is 13.6. The molecule has 116 valence electrons. The number of pyridine rings is 1. The van der Waals surface area contributed by atoms with Crippen molar-refractivity contribution in [2.24, 2.45) is 16.3 Å². The fraction of sp³-hybridized carbons (Fsp3) is 0.625. The van der Waals surface area contributed by atoms with Crippen molar-refractivity contribution in [3.63, 3.8) is 0 Å². The lowest BCUT2D eigenvalue weighted by atomic mass is 9.87. The third kappa shape index (κ3) is 2.96. The van der Waals surface area contributed by atoms with Gasteiger partial charge in [0.1, 0.15) is 5.82 Å². The number of anilines is 1. The van der Waals surface area contributed by atoms with E-state index in [4.69, 9.17) is 15.9 Å². The molecule has 0 amide bonds. The number of aromatic nitrogens is 1. The molecule has 0 radical (unpaired) electrons. The summed E-state index contributed by atoms with van der Waals surface area (Å²) in [6.45, 7) is 8.77. The minimum atomic E-state index is 0.109. The van der Waals surface area contributed by atoms with Crippen molar-refractivity contribution in [2.75, 3.05) is 11.9 Å². The van der Waals surface area contributed by atoms with Crippen LogP contribution >= 0.6 is 0 Å². The number of fused-ring (bicyclic) bond motifs is 1. The Bertz CT molecular complexity index is 560. The van der Waals surface area contributed by atoms with Crippen LogP contribution < -0.4 is 10.6 Å². The number of hydrogen-bond donors (Lipinski definition) is 2. The Hall–Kier alpha value is -1.78. The Balaban J connectivity index is 2.51. The molecule has 1 aromatic rings. The summed E-state index contributed by atoms with van der Waals surface area (Å²) in [6.07, 6.45) is 3.16. The Kier molecular flexibility index (Phi) is 4.12. The van der Waals surface area contributed by atoms with Gasteiger partial charge < -0.3 is 15.8 Å². The Morgan fingerprint density at radius 2 is 2.10 bits per heavy atom. The molecule has 0 aliphatic heterocycles. The average Bonchev–Trinajstić information content (AvgIpc) is 2.89. The predicted octanol–water partition coefficient (Wildman–Crippen LogP) is 2.54. The van der Waals surface area contributed by atoms with Crippen molar-refractivity contribution >= 4 is 11.7 Å². The van der Waals surface area contributed by atoms with Gasteiger partial charge in [-0.15, -0.1) is 0 Å². The van der Waals surface area contributed by atoms with Gasteiger partial charge in [-0.05, 0) is 43.2 Å². The first-order valence-electron chi connectivity index (χ1n) is 7.49. The summed E-state index contributed by atoms with van der Waals surface area (Å²) >= 11 is 0. The molecule has 0 aromatic carbocycles. The van der Waals surface area contributed by atoms with Crippen molar-refractivity contribution < 1.29 is 5.21 Å². The molecule has 0 bridgehead atoms. The van der Waals surface area contributed by atoms with Crippen LogP contribution in [0.15, 0.2) is 11.2 Å². The Morgan fingerprint density at radius 3 is 2.67 bits per heavy atom. The smallest absolute Gasteiger partial charge is 0.173 e. The molecule has 21 heavy (non-hydrogen) atoms. The molecule has 1 heterocycles. The largest absolute Gasteiger partial charge is 0.409 e. The lowest BCUT2D eigenvalue weighted by Gasteiger charge is -2.37. The third-order valence-corrected chi connectivity index (χ3v) is 4.58. The number of hydrogen-bond acceptors (Lipinski definition) is 4. The normalized spacial score (nSPS) is 16.7. The van der Waals surface area contributed by atoms with Crippen LogP contribution in [0.4, 0.5) is 5.82 Å². The standard InChI is InChI=1S/C16H26N4O/c1-10(16(2,3)4)20(5)15-12(14(17)19-21)9-11-7-6-8-13(11)18-15/h9-10,21H,6-8H2,1-5H3,(H2,17,19). The maximum absolute atomic E-state index is 9.06. The highest BCUT2D eigenvalue weighted by atomic mass is 16.4. The fourth-order valence-corrected chi connectivity index (χ4v) is 2.74. The highest BCUT2D eigenvalue weighted by Gasteiger charge is 2.28. The number of aryl methyl sites for hydroxylation is 2. The molecule has 1 aromatic heterocycles. The lowest BCUT2D eigenvalue weighted by molar-refractivity contribution is 0.318. The van der Waals surface area contributed by atoms with Crippen LogP contribution in [0.1, 0.15) is 50.9 Å². The van der Waals surface area contributed by atoms with Crippen LogP contribution in [0.5, 0.6) is 0 Å². The van der Waals surface area contributed by atoms with Crippen LogP contribution in [0, 0.1) is 5.41 Å². The van der Waals surface area contributed by atoms with Gasteiger partial charge >= 0.3 is 0 Å². The van der Waals surface area contributed by atoms with Gasteiger partial charge in [0.25, 0.3) is 0 Å². The van der Waals surface area contributed by atoms with Crippen molar-refractivity contribution in [2.45, 2.75) is 53.0 Å². The van der Waals surface area contributed by atoms with Crippen molar-refractivity contribution in [3.8, 4) is 0 Å². The minimum absolute atomic E-state index is 0.109. The van der Waals surface area contributed by atoms with Crippen LogP contribution in [0.25, 0.3) is 0 Å². The summed E-state index contributed by atoms with van der Waals surface area (Å²) in [5.74, 6) is 0.925. The highest BCUT2D eigenvalue weighted by Crippen LogP contribution is 2.31. The summed E-state index contributed by atoms with van der Waals surface area (Å²) in [6, 6.07) is 2.31. The molecule has 1 aliphatic rings. The van der Waals surface area contributed by atoms with Gasteiger partial charge in [0, 0.05) is 18.8 Å². The number of nitrogens with zero attached hydrogens (tertiary/aromatic N) is 3. The summed E-state index contributed by atoms with van der Waals surface area (Å²) in [7, 11) is 2.02. The molecule has 0 fully saturated rings. The van der Waals surface area contributed by atoms with E-state index in [-0.39, 0.29) is 17.3 Å². The quantitative estimate of drug-likeness (QED) is 0.388. The fourth-order valence-electron chi connectivity index (χ4n) is 2.74. The highest BCUT2D eigenvalue weighted by molar-refractivity contribution is 6.01. The van der Waals surface area contributed by atoms with Crippen molar-refractivity contribution in [1.82, 2.24) is 4.98 Å². The monoisotopic (exact) mass is 290 g/mol. The van der Waals surface area contributed by atoms with E-state index < -0.39 is 0 Å². The van der Waals surface area contributed by atoms with Gasteiger partial charge in [-0.2, -0.15) is 0 Å². The van der Waals surface area contributed by atoms with E-state index in [1.54, 1.807) is 0 Å². The predicted molar refractivity (Wildman–Crippen MR) is 86.1 cm³/mol. The first-order chi connectivity index (χ1) is 9.75. The molecule has 0 saturated heterocycles. The summed E-state index contributed by atoms with van der Waals surface area (Å²) < 4.78 is 0. The van der Waals surface area contributed by atoms with Gasteiger partial charge in [-0.25, -0.2) is 4.98 Å². The van der Waals surface area contributed by atoms with Crippen molar-refractivity contribution in [3.05, 3.63) is 22.9 Å². The topological polar surface area (TPSA) is 74.7 Å². The van der Waals surface area contributed by atoms with Crippen LogP contribution in [-0.2, 0) is 12.8 Å². The Labute approximate surface area is 126 Å². The van der Waals surface area contributed by atoms with Crippen LogP contribution in [0.3, 0.4) is 0 Å². The zero-order valence-corrected chi connectivity index (χ0v) is 13.6. The second-order valence-electron chi connectivity index (χ2n) is 6.96. The van der Waals surface area contributed by atoms with E-state index in [2.05, 4.69) is 37.8 Å². The van der Waals surface area contributed by atoms with Gasteiger partial charge in [-0.1, -0.05) is 25.9 Å². The summed E-state index contributed by atoms with van der Waals surface area (Å²) in [5, 5.41) is 12.2. The Morgan fingerprint density at radius 1 is 1.43 bits per heavy atom. The van der Waals surface area contributed by atoms with E-state index in [1.807, 2.05) is 13.1 Å². The van der Waals surface area contributed by atoms with Crippen LogP contribution in [-0.4, -0.2) is 29.1 Å². The molecule has 1 unspecified atom stereocenters. The molecule has 1 aliphatic carbocycles. The van der Waals surface area contributed by atoms with E-state index in [0.717, 1.165) is 36.3 Å². The van der Waals surface area contributed by atoms with Gasteiger partial charge in [0.2, 0.25) is 0 Å². The zero-order chi connectivity index (χ0) is 15.8. The second-order valence-corrected chi connectivity index (χ2v) is 6.96. The van der Waals surface area contributed by atoms with E-state index >= 15 is 0 Å². The number of amidine groups is 1. The van der Waals surface area contributed by atoms with E-state index in [1.165, 1.54) is 5.56 Å². The molecule has 3 N–H and O–H groups in total. The maximum atomic E-state index is 9.06. The van der Waals surface area contributed by atoms with Gasteiger partial charge in [0.15, 0.2) is 5.84 Å². The summed E-state index contributed by atoms with van der Waals surface area (Å²) in [4.78, 5) is 6.94. The first-order valence-corrected chi connectivity index (χ1v) is 7.49. The third-order valence-electron chi connectivity index (χ3n) is 4.58. The van der Waals surface area contributed by atoms with Crippen LogP contribution in [0.2, 0.25) is 0 Å². The minimum Gasteiger partial charge on any atom is -0.409 e. The number of nitrogens with two attached hydrogens (primary N) is 1. The molecule has 1 atom stereocenters. The SMILES string of the molecule is CC(N(C)c1nc2c(cc1C(N)=NO)CCC2)C(C)(C)C. The molecule has 5 heteroatoms.